The predicted octanol–water partition coefficient (Wildman–Crippen LogP) is 7.87. The second-order valence-corrected chi connectivity index (χ2v) is 18.0. The van der Waals surface area contributed by atoms with E-state index in [0.717, 1.165) is 19.3 Å². The molecular formula is C40H48Cl2N2O8S. The molecule has 10 nitrogen and oxygen atoms in total. The van der Waals surface area contributed by atoms with E-state index in [1.807, 2.05) is 6.92 Å². The molecular weight excluding hydrogens is 739 g/mol. The highest BCUT2D eigenvalue weighted by Crippen LogP contribution is 2.49. The fourth-order valence-electron chi connectivity index (χ4n) is 7.73. The summed E-state index contributed by atoms with van der Waals surface area (Å²) in [6.07, 6.45) is 5.05. The number of esters is 1. The minimum atomic E-state index is -3.30. The van der Waals surface area contributed by atoms with Gasteiger partial charge in [0.2, 0.25) is 0 Å². The Morgan fingerprint density at radius 2 is 1.72 bits per heavy atom. The summed E-state index contributed by atoms with van der Waals surface area (Å²) < 4.78 is 36.1. The van der Waals surface area contributed by atoms with Crippen molar-refractivity contribution in [3.63, 3.8) is 0 Å². The Balaban J connectivity index is 1.46. The minimum absolute atomic E-state index is 0.0145. The number of rotatable bonds is 13. The van der Waals surface area contributed by atoms with Gasteiger partial charge in [-0.3, -0.25) is 14.4 Å². The van der Waals surface area contributed by atoms with E-state index in [0.29, 0.717) is 50.9 Å². The number of hydrogen-bond donors (Lipinski definition) is 1. The van der Waals surface area contributed by atoms with Gasteiger partial charge in [0.25, 0.3) is 11.8 Å². The maximum atomic E-state index is 14.7. The number of sulfone groups is 1. The van der Waals surface area contributed by atoms with E-state index in [2.05, 4.69) is 5.48 Å². The maximum absolute atomic E-state index is 14.7. The number of hydroxylamine groups is 1. The van der Waals surface area contributed by atoms with Crippen molar-refractivity contribution in [1.29, 1.82) is 0 Å². The standard InChI is InChI=1S/C40H48Cl2N2O8S/c1-6-26(24-53(5,48)49)29-14-9-10-17-34(29)44-37(32-19-18-27(41)21-33(32)42)36(30-15-7-8-16-31(30)39(44)47)38(46)43-51-22-25-12-11-13-28(20-25)50-23-35(45)52-40(2,3)4/h7-8,11-13,15-16,18-21,26,29,34,36-37H,6,9-10,14,17,22-24H2,1-5H3,(H,43,46)/t26?,29-,34+,36-,37+/m1/s1. The van der Waals surface area contributed by atoms with Gasteiger partial charge in [-0.25, -0.2) is 18.7 Å². The van der Waals surface area contributed by atoms with Crippen LogP contribution in [0.25, 0.3) is 0 Å². The van der Waals surface area contributed by atoms with Crippen molar-refractivity contribution < 1.29 is 37.1 Å². The third-order valence-corrected chi connectivity index (χ3v) is 11.4. The number of fused-ring (bicyclic) bond motifs is 1. The highest BCUT2D eigenvalue weighted by Gasteiger charge is 2.50. The average molecular weight is 788 g/mol. The number of nitrogens with one attached hydrogen (secondary N) is 1. The summed E-state index contributed by atoms with van der Waals surface area (Å²) in [6, 6.07) is 17.8. The largest absolute Gasteiger partial charge is 0.482 e. The lowest BCUT2D eigenvalue weighted by Gasteiger charge is -2.50. The zero-order chi connectivity index (χ0) is 38.5. The molecule has 286 valence electrons. The summed E-state index contributed by atoms with van der Waals surface area (Å²) in [5.74, 6) is -2.02. The van der Waals surface area contributed by atoms with Gasteiger partial charge in [-0.1, -0.05) is 85.8 Å². The number of benzene rings is 3. The number of halogens is 2. The van der Waals surface area contributed by atoms with Crippen LogP contribution in [0.15, 0.2) is 66.7 Å². The zero-order valence-electron chi connectivity index (χ0n) is 30.8. The highest BCUT2D eigenvalue weighted by atomic mass is 35.5. The maximum Gasteiger partial charge on any atom is 0.344 e. The van der Waals surface area contributed by atoms with Crippen LogP contribution in [0.5, 0.6) is 5.75 Å². The third-order valence-electron chi connectivity index (χ3n) is 9.81. The number of carbonyl (C=O) groups excluding carboxylic acids is 3. The van der Waals surface area contributed by atoms with E-state index in [4.69, 9.17) is 37.5 Å². The van der Waals surface area contributed by atoms with Crippen molar-refractivity contribution in [2.75, 3.05) is 18.6 Å². The molecule has 0 radical (unpaired) electrons. The van der Waals surface area contributed by atoms with E-state index in [1.54, 1.807) is 92.4 Å². The molecule has 0 spiro atoms. The SMILES string of the molecule is CCC(CS(C)(=O)=O)[C@H]1CCCC[C@@H]1N1C(=O)c2ccccc2[C@@H](C(=O)NOCc2cccc(OCC(=O)OC(C)(C)C)c2)[C@@H]1c1ccc(Cl)cc1Cl. The average Bonchev–Trinajstić information content (AvgIpc) is 3.09. The van der Waals surface area contributed by atoms with Crippen molar-refractivity contribution in [1.82, 2.24) is 10.4 Å². The molecule has 3 aromatic rings. The van der Waals surface area contributed by atoms with Crippen molar-refractivity contribution in [2.24, 2.45) is 11.8 Å². The number of amides is 2. The number of hydrogen-bond acceptors (Lipinski definition) is 8. The first-order chi connectivity index (χ1) is 25.1. The second-order valence-electron chi connectivity index (χ2n) is 14.9. The fraction of sp³-hybridized carbons (Fsp3) is 0.475. The second kappa shape index (κ2) is 17.2. The van der Waals surface area contributed by atoms with Crippen LogP contribution in [0.1, 0.15) is 98.8 Å². The number of nitrogens with zero attached hydrogens (tertiary/aromatic N) is 1. The molecule has 1 fully saturated rings. The molecule has 1 heterocycles. The van der Waals surface area contributed by atoms with Crippen molar-refractivity contribution in [3.8, 4) is 5.75 Å². The quantitative estimate of drug-likeness (QED) is 0.137. The smallest absolute Gasteiger partial charge is 0.344 e. The van der Waals surface area contributed by atoms with Gasteiger partial charge >= 0.3 is 5.97 Å². The lowest BCUT2D eigenvalue weighted by atomic mass is 9.71. The van der Waals surface area contributed by atoms with Crippen LogP contribution < -0.4 is 10.2 Å². The molecule has 3 aromatic carbocycles. The molecule has 5 rings (SSSR count). The van der Waals surface area contributed by atoms with Crippen LogP contribution in [-0.2, 0) is 35.6 Å². The van der Waals surface area contributed by atoms with Crippen LogP contribution in [0.3, 0.4) is 0 Å². The summed E-state index contributed by atoms with van der Waals surface area (Å²) in [7, 11) is -3.30. The Kier molecular flexibility index (Phi) is 13.2. The van der Waals surface area contributed by atoms with E-state index in [1.165, 1.54) is 6.26 Å². The summed E-state index contributed by atoms with van der Waals surface area (Å²) in [5, 5.41) is 0.710. The van der Waals surface area contributed by atoms with Crippen molar-refractivity contribution in [2.45, 2.75) is 90.0 Å². The fourth-order valence-corrected chi connectivity index (χ4v) is 9.51. The van der Waals surface area contributed by atoms with Gasteiger partial charge in [0, 0.05) is 27.9 Å². The van der Waals surface area contributed by atoms with Crippen LogP contribution in [0.4, 0.5) is 0 Å². The van der Waals surface area contributed by atoms with Crippen LogP contribution in [0, 0.1) is 11.8 Å². The summed E-state index contributed by atoms with van der Waals surface area (Å²) in [5.41, 5.74) is 4.15. The molecule has 1 N–H and O–H groups in total. The molecule has 1 unspecified atom stereocenters. The Morgan fingerprint density at radius 1 is 0.981 bits per heavy atom. The van der Waals surface area contributed by atoms with Gasteiger partial charge in [-0.2, -0.15) is 0 Å². The predicted molar refractivity (Wildman–Crippen MR) is 205 cm³/mol. The molecule has 5 atom stereocenters. The first kappa shape index (κ1) is 40.5. The topological polar surface area (TPSA) is 128 Å². The molecule has 0 bridgehead atoms. The van der Waals surface area contributed by atoms with E-state index in [-0.39, 0.29) is 42.8 Å². The van der Waals surface area contributed by atoms with Gasteiger partial charge in [0.15, 0.2) is 6.61 Å². The van der Waals surface area contributed by atoms with Gasteiger partial charge in [-0.05, 0) is 92.5 Å². The van der Waals surface area contributed by atoms with E-state index in [9.17, 15) is 22.8 Å². The van der Waals surface area contributed by atoms with Crippen LogP contribution >= 0.6 is 23.2 Å². The first-order valence-corrected chi connectivity index (χ1v) is 20.8. The summed E-state index contributed by atoms with van der Waals surface area (Å²) in [6.45, 7) is 7.04. The summed E-state index contributed by atoms with van der Waals surface area (Å²) in [4.78, 5) is 48.9. The molecule has 1 aliphatic heterocycles. The minimum Gasteiger partial charge on any atom is -0.482 e. The molecule has 1 saturated carbocycles. The van der Waals surface area contributed by atoms with Gasteiger partial charge in [0.05, 0.1) is 24.3 Å². The number of carbonyl (C=O) groups is 3. The Bertz CT molecular complexity index is 1910. The van der Waals surface area contributed by atoms with Crippen molar-refractivity contribution >= 4 is 50.8 Å². The molecule has 1 aliphatic carbocycles. The Morgan fingerprint density at radius 3 is 2.42 bits per heavy atom. The molecule has 2 aliphatic rings. The Labute approximate surface area is 322 Å². The normalized spacial score (nSPS) is 21.0. The van der Waals surface area contributed by atoms with Crippen LogP contribution in [0.2, 0.25) is 10.0 Å². The molecule has 13 heteroatoms. The molecule has 53 heavy (non-hydrogen) atoms. The van der Waals surface area contributed by atoms with Crippen molar-refractivity contribution in [3.05, 3.63) is 99.0 Å². The van der Waals surface area contributed by atoms with Gasteiger partial charge < -0.3 is 14.4 Å². The molecule has 0 aromatic heterocycles. The van der Waals surface area contributed by atoms with Crippen LogP contribution in [-0.4, -0.2) is 61.4 Å². The van der Waals surface area contributed by atoms with E-state index >= 15 is 0 Å². The lowest BCUT2D eigenvalue weighted by molar-refractivity contribution is -0.157. The zero-order valence-corrected chi connectivity index (χ0v) is 33.1. The monoisotopic (exact) mass is 786 g/mol. The van der Waals surface area contributed by atoms with Gasteiger partial charge in [-0.15, -0.1) is 0 Å². The lowest BCUT2D eigenvalue weighted by Crippen LogP contribution is -2.55. The Hall–Kier alpha value is -3.64. The number of ether oxygens (including phenoxy) is 2. The summed E-state index contributed by atoms with van der Waals surface area (Å²) >= 11 is 13.2. The molecule has 0 saturated heterocycles. The first-order valence-electron chi connectivity index (χ1n) is 18.0. The van der Waals surface area contributed by atoms with E-state index < -0.39 is 39.3 Å². The third kappa shape index (κ3) is 10.3. The van der Waals surface area contributed by atoms with Gasteiger partial charge in [0.1, 0.15) is 21.2 Å². The highest BCUT2D eigenvalue weighted by molar-refractivity contribution is 7.90. The molecule has 2 amide bonds.